The minimum atomic E-state index is -0.246. The number of thioether (sulfide) groups is 1. The van der Waals surface area contributed by atoms with Gasteiger partial charge in [0.1, 0.15) is 18.1 Å². The summed E-state index contributed by atoms with van der Waals surface area (Å²) in [6.45, 7) is 3.07. The molecule has 2 aliphatic heterocycles. The third-order valence-corrected chi connectivity index (χ3v) is 9.34. The van der Waals surface area contributed by atoms with E-state index in [1.54, 1.807) is 28.5 Å². The van der Waals surface area contributed by atoms with Crippen molar-refractivity contribution in [2.45, 2.75) is 31.1 Å². The van der Waals surface area contributed by atoms with Crippen LogP contribution in [-0.4, -0.2) is 60.3 Å². The first kappa shape index (κ1) is 29.3. The van der Waals surface area contributed by atoms with Gasteiger partial charge in [-0.1, -0.05) is 48.0 Å². The normalized spacial score (nSPS) is 18.3. The Bertz CT molecular complexity index is 1620. The van der Waals surface area contributed by atoms with Crippen LogP contribution in [0.3, 0.4) is 0 Å². The van der Waals surface area contributed by atoms with Gasteiger partial charge in [-0.3, -0.25) is 14.5 Å². The molecular formula is C33H33ClN4O4S. The van der Waals surface area contributed by atoms with Crippen LogP contribution in [0.15, 0.2) is 72.8 Å². The molecule has 2 aliphatic rings. The second-order valence-corrected chi connectivity index (χ2v) is 12.2. The van der Waals surface area contributed by atoms with Crippen LogP contribution in [0.2, 0.25) is 5.02 Å². The summed E-state index contributed by atoms with van der Waals surface area (Å²) in [7, 11) is 1.62. The molecule has 1 N–H and O–H groups in total. The number of amides is 2. The van der Waals surface area contributed by atoms with Crippen molar-refractivity contribution in [1.29, 1.82) is 0 Å². The van der Waals surface area contributed by atoms with E-state index in [1.165, 1.54) is 0 Å². The van der Waals surface area contributed by atoms with Gasteiger partial charge in [-0.05, 0) is 67.3 Å². The first-order valence-electron chi connectivity index (χ1n) is 14.3. The summed E-state index contributed by atoms with van der Waals surface area (Å²) >= 11 is 7.82. The molecule has 0 saturated carbocycles. The lowest BCUT2D eigenvalue weighted by molar-refractivity contribution is -0.123. The van der Waals surface area contributed by atoms with E-state index in [2.05, 4.69) is 24.4 Å². The SMILES string of the molecule is COc1ccc(-n2nc(-c3ccc(Cl)cc3)c3c2N(CC(=O)NC[C@@H]2CCCO2)C(=O)CS[C@@H]3c2ccccc2C)cc1. The Morgan fingerprint density at radius 2 is 1.88 bits per heavy atom. The fourth-order valence-corrected chi connectivity index (χ4v) is 7.02. The highest BCUT2D eigenvalue weighted by atomic mass is 35.5. The number of carbonyl (C=O) groups is 2. The first-order valence-corrected chi connectivity index (χ1v) is 15.7. The molecule has 3 heterocycles. The van der Waals surface area contributed by atoms with Crippen molar-refractivity contribution in [3.05, 3.63) is 94.5 Å². The molecule has 222 valence electrons. The van der Waals surface area contributed by atoms with Gasteiger partial charge >= 0.3 is 0 Å². The summed E-state index contributed by atoms with van der Waals surface area (Å²) in [6.07, 6.45) is 1.90. The number of hydrogen-bond acceptors (Lipinski definition) is 6. The van der Waals surface area contributed by atoms with Gasteiger partial charge in [0.05, 0.1) is 35.6 Å². The van der Waals surface area contributed by atoms with Crippen molar-refractivity contribution in [2.24, 2.45) is 0 Å². The van der Waals surface area contributed by atoms with E-state index in [9.17, 15) is 9.59 Å². The molecule has 1 fully saturated rings. The number of carbonyl (C=O) groups excluding carboxylic acids is 2. The van der Waals surface area contributed by atoms with Gasteiger partial charge in [0, 0.05) is 29.3 Å². The zero-order valence-corrected chi connectivity index (χ0v) is 25.7. The third-order valence-electron chi connectivity index (χ3n) is 7.85. The topological polar surface area (TPSA) is 85.7 Å². The number of anilines is 1. The number of nitrogens with zero attached hydrogens (tertiary/aromatic N) is 3. The smallest absolute Gasteiger partial charge is 0.240 e. The highest BCUT2D eigenvalue weighted by Crippen LogP contribution is 2.49. The number of aryl methyl sites for hydroxylation is 1. The molecule has 1 aromatic heterocycles. The van der Waals surface area contributed by atoms with E-state index < -0.39 is 0 Å². The van der Waals surface area contributed by atoms with Crippen molar-refractivity contribution >= 4 is 41.0 Å². The second kappa shape index (κ2) is 12.8. The predicted molar refractivity (Wildman–Crippen MR) is 170 cm³/mol. The summed E-state index contributed by atoms with van der Waals surface area (Å²) in [4.78, 5) is 28.9. The number of ether oxygens (including phenoxy) is 2. The van der Waals surface area contributed by atoms with Crippen LogP contribution in [0, 0.1) is 6.92 Å². The molecule has 0 bridgehead atoms. The van der Waals surface area contributed by atoms with E-state index in [-0.39, 0.29) is 35.5 Å². The highest BCUT2D eigenvalue weighted by Gasteiger charge is 2.38. The van der Waals surface area contributed by atoms with E-state index >= 15 is 0 Å². The van der Waals surface area contributed by atoms with Crippen molar-refractivity contribution in [1.82, 2.24) is 15.1 Å². The molecule has 0 radical (unpaired) electrons. The summed E-state index contributed by atoms with van der Waals surface area (Å²) < 4.78 is 12.9. The Hall–Kier alpha value is -3.79. The molecule has 43 heavy (non-hydrogen) atoms. The molecule has 10 heteroatoms. The summed E-state index contributed by atoms with van der Waals surface area (Å²) in [5, 5.41) is 8.54. The second-order valence-electron chi connectivity index (χ2n) is 10.7. The predicted octanol–water partition coefficient (Wildman–Crippen LogP) is 5.97. The van der Waals surface area contributed by atoms with Crippen molar-refractivity contribution < 1.29 is 19.1 Å². The number of benzene rings is 3. The Morgan fingerprint density at radius 1 is 1.12 bits per heavy atom. The maximum atomic E-state index is 13.9. The van der Waals surface area contributed by atoms with Crippen molar-refractivity contribution in [3.8, 4) is 22.7 Å². The molecule has 0 aliphatic carbocycles. The van der Waals surface area contributed by atoms with Gasteiger partial charge in [-0.15, -0.1) is 11.8 Å². The molecule has 8 nitrogen and oxygen atoms in total. The van der Waals surface area contributed by atoms with Gasteiger partial charge in [-0.2, -0.15) is 5.10 Å². The Balaban J connectivity index is 1.53. The summed E-state index contributed by atoms with van der Waals surface area (Å²) in [6, 6.07) is 23.3. The molecule has 2 atom stereocenters. The number of methoxy groups -OCH3 is 1. The number of halogens is 1. The molecule has 3 aromatic carbocycles. The molecule has 0 unspecified atom stereocenters. The summed E-state index contributed by atoms with van der Waals surface area (Å²) in [5.74, 6) is 1.08. The molecule has 4 aromatic rings. The van der Waals surface area contributed by atoms with Crippen LogP contribution in [0.1, 0.15) is 34.8 Å². The monoisotopic (exact) mass is 616 g/mol. The largest absolute Gasteiger partial charge is 0.497 e. The van der Waals surface area contributed by atoms with E-state index in [1.807, 2.05) is 60.7 Å². The molecular weight excluding hydrogens is 584 g/mol. The number of fused-ring (bicyclic) bond motifs is 1. The zero-order valence-electron chi connectivity index (χ0n) is 24.1. The van der Waals surface area contributed by atoms with E-state index in [0.717, 1.165) is 46.5 Å². The summed E-state index contributed by atoms with van der Waals surface area (Å²) in [5.41, 5.74) is 5.41. The number of rotatable bonds is 8. The Morgan fingerprint density at radius 3 is 2.58 bits per heavy atom. The van der Waals surface area contributed by atoms with Crippen molar-refractivity contribution in [3.63, 3.8) is 0 Å². The highest BCUT2D eigenvalue weighted by molar-refractivity contribution is 8.00. The van der Waals surface area contributed by atoms with Crippen LogP contribution >= 0.6 is 23.4 Å². The average molecular weight is 617 g/mol. The number of aromatic nitrogens is 2. The maximum absolute atomic E-state index is 13.9. The van der Waals surface area contributed by atoms with Gasteiger partial charge in [0.25, 0.3) is 0 Å². The number of hydrogen-bond donors (Lipinski definition) is 1. The molecule has 2 amide bonds. The van der Waals surface area contributed by atoms with Gasteiger partial charge in [-0.25, -0.2) is 4.68 Å². The lowest BCUT2D eigenvalue weighted by atomic mass is 9.96. The van der Waals surface area contributed by atoms with Crippen LogP contribution in [-0.2, 0) is 14.3 Å². The van der Waals surface area contributed by atoms with Gasteiger partial charge in [0.15, 0.2) is 0 Å². The fraction of sp³-hybridized carbons (Fsp3) is 0.303. The first-order chi connectivity index (χ1) is 20.9. The lowest BCUT2D eigenvalue weighted by Crippen LogP contribution is -2.44. The standard InChI is InChI=1S/C33H33ClN4O4S/c1-21-6-3-4-8-27(21)32-30-31(22-9-11-23(34)12-10-22)36-38(24-13-15-25(41-2)16-14-24)33(30)37(29(40)20-43-32)19-28(39)35-18-26-7-5-17-42-26/h3-4,6,8-16,26,32H,5,7,17-20H2,1-2H3,(H,35,39)/t26-,32+/m0/s1. The van der Waals surface area contributed by atoms with Crippen LogP contribution in [0.5, 0.6) is 5.75 Å². The fourth-order valence-electron chi connectivity index (χ4n) is 5.60. The zero-order chi connectivity index (χ0) is 29.9. The van der Waals surface area contributed by atoms with Gasteiger partial charge < -0.3 is 14.8 Å². The average Bonchev–Trinajstić information content (AvgIpc) is 3.66. The van der Waals surface area contributed by atoms with Crippen molar-refractivity contribution in [2.75, 3.05) is 37.5 Å². The Labute approximate surface area is 260 Å². The number of nitrogens with one attached hydrogen (secondary N) is 1. The van der Waals surface area contributed by atoms with Crippen LogP contribution < -0.4 is 15.0 Å². The lowest BCUT2D eigenvalue weighted by Gasteiger charge is -2.24. The van der Waals surface area contributed by atoms with Gasteiger partial charge in [0.2, 0.25) is 11.8 Å². The minimum Gasteiger partial charge on any atom is -0.497 e. The molecule has 1 saturated heterocycles. The molecule has 0 spiro atoms. The van der Waals surface area contributed by atoms with Crippen LogP contribution in [0.4, 0.5) is 5.82 Å². The maximum Gasteiger partial charge on any atom is 0.240 e. The quantitative estimate of drug-likeness (QED) is 0.262. The Kier molecular flexibility index (Phi) is 8.74. The third kappa shape index (κ3) is 6.16. The van der Waals surface area contributed by atoms with E-state index in [0.29, 0.717) is 29.7 Å². The molecule has 6 rings (SSSR count). The van der Waals surface area contributed by atoms with E-state index in [4.69, 9.17) is 26.2 Å². The minimum absolute atomic E-state index is 0.00155. The van der Waals surface area contributed by atoms with Crippen LogP contribution in [0.25, 0.3) is 16.9 Å².